The Hall–Kier alpha value is 0.0700. The maximum Gasteiger partial charge on any atom is 0.0444 e. The summed E-state index contributed by atoms with van der Waals surface area (Å²) in [5.41, 5.74) is 0. The molecule has 0 aliphatic heterocycles. The third-order valence-corrected chi connectivity index (χ3v) is 3.03. The molecule has 2 unspecified atom stereocenters. The maximum atomic E-state index is 10.7. The molecule has 0 saturated heterocycles. The summed E-state index contributed by atoms with van der Waals surface area (Å²) in [5, 5.41) is 8.60. The van der Waals surface area contributed by atoms with Gasteiger partial charge in [-0.3, -0.25) is 4.21 Å². The Morgan fingerprint density at radius 1 is 1.55 bits per heavy atom. The molecule has 0 aromatic heterocycles. The molecule has 1 N–H and O–H groups in total. The molecule has 11 heavy (non-hydrogen) atoms. The monoisotopic (exact) mass is 179 g/mol. The molecule has 2 atom stereocenters. The molecule has 0 bridgehead atoms. The molecule has 0 heterocycles. The second-order valence-electron chi connectivity index (χ2n) is 2.91. The van der Waals surface area contributed by atoms with Crippen LogP contribution in [0, 0.1) is 0 Å². The van der Waals surface area contributed by atoms with Crippen molar-refractivity contribution in [2.75, 3.05) is 6.61 Å². The molecule has 0 amide bonds. The van der Waals surface area contributed by atoms with E-state index >= 15 is 0 Å². The third kappa shape index (κ3) is 3.31. The van der Waals surface area contributed by atoms with E-state index < -0.39 is 15.8 Å². The molecule has 68 valence electrons. The zero-order chi connectivity index (χ0) is 8.91. The smallest absolute Gasteiger partial charge is 0.0444 e. The van der Waals surface area contributed by atoms with E-state index in [1.54, 1.807) is 6.92 Å². The molecule has 0 saturated carbocycles. The van der Waals surface area contributed by atoms with Crippen LogP contribution in [-0.4, -0.2) is 25.2 Å². The van der Waals surface area contributed by atoms with Crippen LogP contribution >= 0.6 is 0 Å². The minimum Gasteiger partial charge on any atom is -0.772 e. The predicted molar refractivity (Wildman–Crippen MR) is 43.9 cm³/mol. The maximum absolute atomic E-state index is 10.7. The fourth-order valence-corrected chi connectivity index (χ4v) is 1.69. The molecule has 0 spiro atoms. The Balaban J connectivity index is 4.13. The van der Waals surface area contributed by atoms with Gasteiger partial charge in [0.25, 0.3) is 0 Å². The Morgan fingerprint density at radius 2 is 2.09 bits per heavy atom. The van der Waals surface area contributed by atoms with Gasteiger partial charge in [0.05, 0.1) is 0 Å². The van der Waals surface area contributed by atoms with E-state index in [4.69, 9.17) is 5.11 Å². The number of hydrogen-bond donors (Lipinski definition) is 1. The van der Waals surface area contributed by atoms with Crippen molar-refractivity contribution < 1.29 is 13.9 Å². The first-order valence-corrected chi connectivity index (χ1v) is 4.84. The number of aliphatic hydroxyl groups excluding tert-OH is 1. The minimum atomic E-state index is -2.08. The average molecular weight is 179 g/mol. The molecule has 0 radical (unpaired) electrons. The van der Waals surface area contributed by atoms with E-state index in [1.807, 2.05) is 6.92 Å². The van der Waals surface area contributed by atoms with Crippen LogP contribution in [0.1, 0.15) is 33.1 Å². The second kappa shape index (κ2) is 4.85. The Kier molecular flexibility index (Phi) is 4.88. The molecular weight excluding hydrogens is 164 g/mol. The van der Waals surface area contributed by atoms with Crippen LogP contribution in [0.4, 0.5) is 0 Å². The van der Waals surface area contributed by atoms with E-state index in [1.165, 1.54) is 0 Å². The van der Waals surface area contributed by atoms with Gasteiger partial charge < -0.3 is 9.66 Å². The van der Waals surface area contributed by atoms with Crippen LogP contribution in [0.25, 0.3) is 0 Å². The van der Waals surface area contributed by atoms with Gasteiger partial charge in [-0.25, -0.2) is 0 Å². The van der Waals surface area contributed by atoms with E-state index in [2.05, 4.69) is 0 Å². The standard InChI is InChI=1S/C7H16O3S/c1-3-4-7(2,5-6-8)11(9)10/h8H,3-6H2,1-2H3,(H,9,10)/p-1. The quantitative estimate of drug-likeness (QED) is 0.635. The summed E-state index contributed by atoms with van der Waals surface area (Å²) in [4.78, 5) is 0. The normalized spacial score (nSPS) is 19.3. The van der Waals surface area contributed by atoms with Gasteiger partial charge in [-0.15, -0.1) is 0 Å². The van der Waals surface area contributed by atoms with Crippen molar-refractivity contribution in [1.29, 1.82) is 0 Å². The molecule has 0 aromatic rings. The van der Waals surface area contributed by atoms with Crippen LogP contribution in [0.15, 0.2) is 0 Å². The summed E-state index contributed by atoms with van der Waals surface area (Å²) in [5.74, 6) is 0. The first-order valence-electron chi connectivity index (χ1n) is 3.77. The molecule has 0 fully saturated rings. The molecular formula is C7H15O3S-. The number of rotatable bonds is 5. The van der Waals surface area contributed by atoms with Crippen LogP contribution < -0.4 is 0 Å². The third-order valence-electron chi connectivity index (χ3n) is 1.82. The fraction of sp³-hybridized carbons (Fsp3) is 1.00. The predicted octanol–water partition coefficient (Wildman–Crippen LogP) is 0.807. The minimum absolute atomic E-state index is 0.0650. The highest BCUT2D eigenvalue weighted by Crippen LogP contribution is 2.22. The van der Waals surface area contributed by atoms with Crippen molar-refractivity contribution in [1.82, 2.24) is 0 Å². The highest BCUT2D eigenvalue weighted by molar-refractivity contribution is 7.80. The molecule has 4 heteroatoms. The van der Waals surface area contributed by atoms with Crippen LogP contribution in [0.2, 0.25) is 0 Å². The van der Waals surface area contributed by atoms with Gasteiger partial charge in [0, 0.05) is 11.4 Å². The van der Waals surface area contributed by atoms with Crippen molar-refractivity contribution >= 4 is 11.1 Å². The lowest BCUT2D eigenvalue weighted by Gasteiger charge is -2.30. The lowest BCUT2D eigenvalue weighted by atomic mass is 10.0. The van der Waals surface area contributed by atoms with Gasteiger partial charge in [-0.2, -0.15) is 0 Å². The number of hydrogen-bond acceptors (Lipinski definition) is 3. The second-order valence-corrected chi connectivity index (χ2v) is 4.36. The topological polar surface area (TPSA) is 60.4 Å². The van der Waals surface area contributed by atoms with E-state index in [-0.39, 0.29) is 6.61 Å². The Bertz CT molecular complexity index is 130. The zero-order valence-electron chi connectivity index (χ0n) is 7.00. The van der Waals surface area contributed by atoms with Crippen LogP contribution in [0.3, 0.4) is 0 Å². The van der Waals surface area contributed by atoms with Gasteiger partial charge in [0.15, 0.2) is 0 Å². The molecule has 0 aliphatic rings. The van der Waals surface area contributed by atoms with Crippen LogP contribution in [-0.2, 0) is 11.1 Å². The van der Waals surface area contributed by atoms with Crippen molar-refractivity contribution in [2.24, 2.45) is 0 Å². The molecule has 0 rings (SSSR count). The van der Waals surface area contributed by atoms with Crippen molar-refractivity contribution in [3.8, 4) is 0 Å². The van der Waals surface area contributed by atoms with Crippen molar-refractivity contribution in [2.45, 2.75) is 37.9 Å². The van der Waals surface area contributed by atoms with E-state index in [0.29, 0.717) is 12.8 Å². The number of aliphatic hydroxyl groups is 1. The molecule has 3 nitrogen and oxygen atoms in total. The first-order chi connectivity index (χ1) is 5.06. The van der Waals surface area contributed by atoms with E-state index in [9.17, 15) is 8.76 Å². The lowest BCUT2D eigenvalue weighted by Crippen LogP contribution is -2.31. The first kappa shape index (κ1) is 11.1. The summed E-state index contributed by atoms with van der Waals surface area (Å²) in [6.07, 6.45) is 1.77. The summed E-state index contributed by atoms with van der Waals surface area (Å²) < 4.78 is 20.6. The van der Waals surface area contributed by atoms with Crippen molar-refractivity contribution in [3.05, 3.63) is 0 Å². The van der Waals surface area contributed by atoms with Gasteiger partial charge in [0.2, 0.25) is 0 Å². The summed E-state index contributed by atoms with van der Waals surface area (Å²) in [7, 11) is 0. The fourth-order valence-electron chi connectivity index (χ4n) is 1.06. The Morgan fingerprint density at radius 3 is 2.36 bits per heavy atom. The highest BCUT2D eigenvalue weighted by atomic mass is 32.2. The van der Waals surface area contributed by atoms with Gasteiger partial charge in [-0.1, -0.05) is 13.3 Å². The SMILES string of the molecule is CCCC(C)(CCO)S(=O)[O-]. The Labute approximate surface area is 70.1 Å². The van der Waals surface area contributed by atoms with Gasteiger partial charge in [0.1, 0.15) is 0 Å². The summed E-state index contributed by atoms with van der Waals surface area (Å²) >= 11 is -2.08. The van der Waals surface area contributed by atoms with Crippen molar-refractivity contribution in [3.63, 3.8) is 0 Å². The largest absolute Gasteiger partial charge is 0.772 e. The molecule has 0 aromatic carbocycles. The lowest BCUT2D eigenvalue weighted by molar-refractivity contribution is 0.262. The summed E-state index contributed by atoms with van der Waals surface area (Å²) in [6.45, 7) is 3.53. The van der Waals surface area contributed by atoms with E-state index in [0.717, 1.165) is 6.42 Å². The molecule has 0 aliphatic carbocycles. The average Bonchev–Trinajstić information content (AvgIpc) is 1.88. The van der Waals surface area contributed by atoms with Gasteiger partial charge >= 0.3 is 0 Å². The highest BCUT2D eigenvalue weighted by Gasteiger charge is 2.23. The summed E-state index contributed by atoms with van der Waals surface area (Å²) in [6, 6.07) is 0. The van der Waals surface area contributed by atoms with Gasteiger partial charge in [-0.05, 0) is 30.8 Å². The zero-order valence-corrected chi connectivity index (χ0v) is 7.82. The van der Waals surface area contributed by atoms with Crippen LogP contribution in [0.5, 0.6) is 0 Å².